The van der Waals surface area contributed by atoms with Gasteiger partial charge in [0.15, 0.2) is 0 Å². The Labute approximate surface area is 125 Å². The third kappa shape index (κ3) is 5.02. The molecule has 1 unspecified atom stereocenters. The van der Waals surface area contributed by atoms with E-state index in [1.54, 1.807) is 24.3 Å². The largest absolute Gasteiger partial charge is 0.492 e. The minimum Gasteiger partial charge on any atom is -0.492 e. The molecule has 0 saturated carbocycles. The molecule has 2 rings (SSSR count). The fourth-order valence-corrected chi connectivity index (χ4v) is 2.53. The molecule has 1 atom stereocenters. The van der Waals surface area contributed by atoms with Crippen LogP contribution in [0.5, 0.6) is 5.75 Å². The van der Waals surface area contributed by atoms with Crippen LogP contribution in [0.15, 0.2) is 24.3 Å². The highest BCUT2D eigenvalue weighted by Gasteiger charge is 2.24. The van der Waals surface area contributed by atoms with Crippen molar-refractivity contribution in [2.75, 3.05) is 26.2 Å². The second-order valence-electron chi connectivity index (χ2n) is 5.87. The predicted octanol–water partition coefficient (Wildman–Crippen LogP) is 2.00. The summed E-state index contributed by atoms with van der Waals surface area (Å²) in [5, 5.41) is 18.9. The smallest absolute Gasteiger partial charge is 0.335 e. The summed E-state index contributed by atoms with van der Waals surface area (Å²) in [6, 6.07) is 6.44. The molecule has 1 heterocycles. The van der Waals surface area contributed by atoms with E-state index in [1.165, 1.54) is 0 Å². The summed E-state index contributed by atoms with van der Waals surface area (Å²) in [6.45, 7) is 5.15. The highest BCUT2D eigenvalue weighted by Crippen LogP contribution is 2.21. The summed E-state index contributed by atoms with van der Waals surface area (Å²) in [5.74, 6) is -0.250. The Bertz CT molecular complexity index is 470. The van der Waals surface area contributed by atoms with E-state index in [1.807, 2.05) is 6.92 Å². The van der Waals surface area contributed by atoms with Crippen LogP contribution in [0.4, 0.5) is 0 Å². The lowest BCUT2D eigenvalue weighted by Gasteiger charge is -2.22. The molecule has 0 amide bonds. The van der Waals surface area contributed by atoms with Crippen LogP contribution < -0.4 is 4.74 Å². The maximum atomic E-state index is 10.7. The third-order valence-electron chi connectivity index (χ3n) is 3.93. The standard InChI is InChI=1S/C16H23NO4/c1-16(20)7-2-9-17(10-8-16)11-12-21-14-5-3-13(4-6-14)15(18)19/h3-6,20H,2,7-12H2,1H3,(H,18,19). The number of likely N-dealkylation sites (tertiary alicyclic amines) is 1. The third-order valence-corrected chi connectivity index (χ3v) is 3.93. The fourth-order valence-electron chi connectivity index (χ4n) is 2.53. The van der Waals surface area contributed by atoms with Gasteiger partial charge in [0, 0.05) is 13.1 Å². The van der Waals surface area contributed by atoms with Gasteiger partial charge >= 0.3 is 5.97 Å². The van der Waals surface area contributed by atoms with Crippen LogP contribution in [0.1, 0.15) is 36.5 Å². The lowest BCUT2D eigenvalue weighted by atomic mass is 9.98. The minimum absolute atomic E-state index is 0.261. The molecule has 1 fully saturated rings. The maximum Gasteiger partial charge on any atom is 0.335 e. The molecule has 21 heavy (non-hydrogen) atoms. The molecule has 116 valence electrons. The first kappa shape index (κ1) is 15.8. The molecule has 1 aliphatic heterocycles. The molecule has 0 aliphatic carbocycles. The van der Waals surface area contributed by atoms with Crippen molar-refractivity contribution >= 4 is 5.97 Å². The molecule has 1 aliphatic rings. The summed E-state index contributed by atoms with van der Waals surface area (Å²) < 4.78 is 5.64. The van der Waals surface area contributed by atoms with Crippen molar-refractivity contribution in [3.63, 3.8) is 0 Å². The second kappa shape index (κ2) is 6.91. The lowest BCUT2D eigenvalue weighted by molar-refractivity contribution is 0.0442. The molecule has 1 aromatic rings. The molecule has 0 spiro atoms. The van der Waals surface area contributed by atoms with E-state index >= 15 is 0 Å². The van der Waals surface area contributed by atoms with Crippen LogP contribution in [-0.2, 0) is 0 Å². The monoisotopic (exact) mass is 293 g/mol. The Morgan fingerprint density at radius 3 is 2.67 bits per heavy atom. The molecule has 0 bridgehead atoms. The van der Waals surface area contributed by atoms with Crippen molar-refractivity contribution in [1.29, 1.82) is 0 Å². The summed E-state index contributed by atoms with van der Waals surface area (Å²) in [7, 11) is 0. The lowest BCUT2D eigenvalue weighted by Crippen LogP contribution is -2.31. The van der Waals surface area contributed by atoms with Gasteiger partial charge in [0.2, 0.25) is 0 Å². The number of carboxylic acid groups (broad SMARTS) is 1. The zero-order valence-corrected chi connectivity index (χ0v) is 12.4. The molecule has 5 nitrogen and oxygen atoms in total. The van der Waals surface area contributed by atoms with Crippen LogP contribution in [0.2, 0.25) is 0 Å². The van der Waals surface area contributed by atoms with Crippen LogP contribution in [0, 0.1) is 0 Å². The topological polar surface area (TPSA) is 70.0 Å². The van der Waals surface area contributed by atoms with Crippen molar-refractivity contribution in [3.05, 3.63) is 29.8 Å². The van der Waals surface area contributed by atoms with Gasteiger partial charge in [-0.05, 0) is 57.0 Å². The predicted molar refractivity (Wildman–Crippen MR) is 79.8 cm³/mol. The van der Waals surface area contributed by atoms with Gasteiger partial charge in [0.05, 0.1) is 11.2 Å². The number of carbonyl (C=O) groups is 1. The zero-order chi connectivity index (χ0) is 15.3. The van der Waals surface area contributed by atoms with Crippen molar-refractivity contribution < 1.29 is 19.7 Å². The van der Waals surface area contributed by atoms with Gasteiger partial charge in [-0.3, -0.25) is 4.90 Å². The number of hydrogen-bond acceptors (Lipinski definition) is 4. The number of benzene rings is 1. The maximum absolute atomic E-state index is 10.7. The van der Waals surface area contributed by atoms with E-state index in [-0.39, 0.29) is 5.56 Å². The average Bonchev–Trinajstić information content (AvgIpc) is 2.61. The fraction of sp³-hybridized carbons (Fsp3) is 0.562. The average molecular weight is 293 g/mol. The van der Waals surface area contributed by atoms with E-state index < -0.39 is 11.6 Å². The van der Waals surface area contributed by atoms with E-state index in [2.05, 4.69) is 4.90 Å². The highest BCUT2D eigenvalue weighted by molar-refractivity contribution is 5.87. The molecule has 5 heteroatoms. The first-order chi connectivity index (χ1) is 9.96. The Kier molecular flexibility index (Phi) is 5.20. The normalized spacial score (nSPS) is 23.5. The van der Waals surface area contributed by atoms with Crippen molar-refractivity contribution in [1.82, 2.24) is 4.90 Å². The minimum atomic E-state index is -0.932. The molecular weight excluding hydrogens is 270 g/mol. The van der Waals surface area contributed by atoms with Crippen LogP contribution in [0.3, 0.4) is 0 Å². The van der Waals surface area contributed by atoms with Crippen molar-refractivity contribution in [2.24, 2.45) is 0 Å². The van der Waals surface area contributed by atoms with Crippen LogP contribution in [0.25, 0.3) is 0 Å². The van der Waals surface area contributed by atoms with Crippen molar-refractivity contribution in [2.45, 2.75) is 31.8 Å². The van der Waals surface area contributed by atoms with E-state index in [4.69, 9.17) is 9.84 Å². The van der Waals surface area contributed by atoms with E-state index in [9.17, 15) is 9.90 Å². The van der Waals surface area contributed by atoms with Gasteiger partial charge in [-0.2, -0.15) is 0 Å². The van der Waals surface area contributed by atoms with Gasteiger partial charge in [0.25, 0.3) is 0 Å². The molecular formula is C16H23NO4. The molecule has 2 N–H and O–H groups in total. The summed E-state index contributed by atoms with van der Waals surface area (Å²) in [5.41, 5.74) is -0.278. The van der Waals surface area contributed by atoms with Gasteiger partial charge in [-0.15, -0.1) is 0 Å². The van der Waals surface area contributed by atoms with Crippen molar-refractivity contribution in [3.8, 4) is 5.75 Å². The van der Waals surface area contributed by atoms with Crippen LogP contribution in [-0.4, -0.2) is 52.9 Å². The Morgan fingerprint density at radius 2 is 2.00 bits per heavy atom. The van der Waals surface area contributed by atoms with Gasteiger partial charge in [-0.1, -0.05) is 0 Å². The molecule has 1 aromatic carbocycles. The Morgan fingerprint density at radius 1 is 1.29 bits per heavy atom. The number of hydrogen-bond donors (Lipinski definition) is 2. The summed E-state index contributed by atoms with van der Waals surface area (Å²) in [4.78, 5) is 13.0. The summed E-state index contributed by atoms with van der Waals surface area (Å²) in [6.07, 6.45) is 2.64. The van der Waals surface area contributed by atoms with Gasteiger partial charge in [0.1, 0.15) is 12.4 Å². The number of ether oxygens (including phenoxy) is 1. The summed E-state index contributed by atoms with van der Waals surface area (Å²) >= 11 is 0. The number of aliphatic hydroxyl groups is 1. The SMILES string of the molecule is CC1(O)CCCN(CCOc2ccc(C(=O)O)cc2)CC1. The zero-order valence-electron chi connectivity index (χ0n) is 12.4. The number of nitrogens with zero attached hydrogens (tertiary/aromatic N) is 1. The number of rotatable bonds is 5. The van der Waals surface area contributed by atoms with Gasteiger partial charge in [-0.25, -0.2) is 4.79 Å². The Balaban J connectivity index is 1.75. The highest BCUT2D eigenvalue weighted by atomic mass is 16.5. The van der Waals surface area contributed by atoms with E-state index in [0.29, 0.717) is 12.4 Å². The molecule has 0 radical (unpaired) electrons. The quantitative estimate of drug-likeness (QED) is 0.869. The molecule has 0 aromatic heterocycles. The number of carboxylic acids is 1. The molecule has 1 saturated heterocycles. The van der Waals surface area contributed by atoms with E-state index in [0.717, 1.165) is 38.9 Å². The Hall–Kier alpha value is -1.59. The van der Waals surface area contributed by atoms with Gasteiger partial charge < -0.3 is 14.9 Å². The second-order valence-corrected chi connectivity index (χ2v) is 5.87. The van der Waals surface area contributed by atoms with Crippen LogP contribution >= 0.6 is 0 Å². The first-order valence-corrected chi connectivity index (χ1v) is 7.37. The number of aromatic carboxylic acids is 1. The first-order valence-electron chi connectivity index (χ1n) is 7.37.